The molecule has 4 amide bonds. The first-order valence-corrected chi connectivity index (χ1v) is 20.0. The van der Waals surface area contributed by atoms with Crippen molar-refractivity contribution in [2.75, 3.05) is 0 Å². The van der Waals surface area contributed by atoms with Crippen LogP contribution in [0.5, 0.6) is 0 Å². The Kier molecular flexibility index (Phi) is 12.7. The van der Waals surface area contributed by atoms with Crippen molar-refractivity contribution in [1.29, 1.82) is 0 Å². The second kappa shape index (κ2) is 18.3. The van der Waals surface area contributed by atoms with E-state index in [1.54, 1.807) is 6.92 Å². The molecule has 11 nitrogen and oxygen atoms in total. The lowest BCUT2D eigenvalue weighted by Crippen LogP contribution is -2.41. The molecule has 2 atom stereocenters. The maximum atomic E-state index is 13.5. The average molecular weight is 865 g/mol. The van der Waals surface area contributed by atoms with Gasteiger partial charge in [-0.2, -0.15) is 0 Å². The average Bonchev–Trinajstić information content (AvgIpc) is 3.94. The molecular formula is C46H36F4N4O7S. The Morgan fingerprint density at radius 3 is 1.60 bits per heavy atom. The number of nitrogens with one attached hydrogen (secondary N) is 2. The topological polar surface area (TPSA) is 142 Å². The summed E-state index contributed by atoms with van der Waals surface area (Å²) in [5.74, 6) is -9.23. The van der Waals surface area contributed by atoms with Crippen LogP contribution in [0.4, 0.5) is 17.6 Å². The third-order valence-corrected chi connectivity index (χ3v) is 11.5. The third-order valence-electron chi connectivity index (χ3n) is 10.3. The van der Waals surface area contributed by atoms with Crippen LogP contribution in [-0.4, -0.2) is 45.0 Å². The van der Waals surface area contributed by atoms with Gasteiger partial charge in [-0.15, -0.1) is 0 Å². The fourth-order valence-corrected chi connectivity index (χ4v) is 7.98. The number of Topliss-reactive ketones (excluding diaryl/α,β-unsaturated/α-hetero) is 2. The molecule has 0 radical (unpaired) electrons. The van der Waals surface area contributed by atoms with E-state index in [0.717, 1.165) is 52.1 Å². The zero-order valence-corrected chi connectivity index (χ0v) is 33.9. The van der Waals surface area contributed by atoms with Gasteiger partial charge in [0.1, 0.15) is 11.8 Å². The summed E-state index contributed by atoms with van der Waals surface area (Å²) in [6.45, 7) is 3.69. The number of ether oxygens (including phenoxy) is 1. The van der Waals surface area contributed by atoms with Crippen molar-refractivity contribution in [2.24, 2.45) is 11.8 Å². The Hall–Kier alpha value is -7.07. The van der Waals surface area contributed by atoms with Crippen LogP contribution in [0.3, 0.4) is 0 Å². The van der Waals surface area contributed by atoms with E-state index in [0.29, 0.717) is 33.2 Å². The van der Waals surface area contributed by atoms with E-state index in [2.05, 4.69) is 10.6 Å². The fraction of sp³-hybridized carbons (Fsp3) is 0.174. The lowest BCUT2D eigenvalue weighted by molar-refractivity contribution is -0.140. The molecule has 16 heteroatoms. The molecule has 0 aliphatic carbocycles. The summed E-state index contributed by atoms with van der Waals surface area (Å²) in [6, 6.07) is 25.2. The maximum absolute atomic E-state index is 13.5. The lowest BCUT2D eigenvalue weighted by atomic mass is 9.88. The molecule has 316 valence electrons. The summed E-state index contributed by atoms with van der Waals surface area (Å²) in [5, 5.41) is 5.91. The molecule has 4 aromatic rings. The van der Waals surface area contributed by atoms with Gasteiger partial charge in [-0.25, -0.2) is 17.6 Å². The zero-order chi connectivity index (χ0) is 44.2. The minimum Gasteiger partial charge on any atom is -0.433 e. The van der Waals surface area contributed by atoms with Gasteiger partial charge in [0.15, 0.2) is 34.8 Å². The van der Waals surface area contributed by atoms with Gasteiger partial charge in [-0.3, -0.25) is 38.6 Å². The number of hydrogen-bond donors (Lipinski definition) is 2. The van der Waals surface area contributed by atoms with Gasteiger partial charge < -0.3 is 15.4 Å². The monoisotopic (exact) mass is 864 g/mol. The number of amides is 4. The number of benzene rings is 4. The molecule has 0 spiro atoms. The van der Waals surface area contributed by atoms with Crippen molar-refractivity contribution in [3.8, 4) is 0 Å². The quantitative estimate of drug-likeness (QED) is 0.134. The Labute approximate surface area is 356 Å². The largest absolute Gasteiger partial charge is 0.433 e. The van der Waals surface area contributed by atoms with E-state index in [1.165, 1.54) is 36.4 Å². The van der Waals surface area contributed by atoms with Crippen molar-refractivity contribution >= 4 is 47.0 Å². The maximum Gasteiger partial charge on any atom is 0.288 e. The first-order valence-electron chi connectivity index (χ1n) is 19.2. The molecular weight excluding hydrogens is 829 g/mol. The van der Waals surface area contributed by atoms with Crippen LogP contribution in [-0.2, 0) is 59.4 Å². The number of carbonyl (C=O) groups excluding carboxylic acids is 6. The Morgan fingerprint density at radius 2 is 1.08 bits per heavy atom. The highest BCUT2D eigenvalue weighted by Crippen LogP contribution is 2.43. The molecule has 2 N–H and O–H groups in total. The molecule has 4 aromatic carbocycles. The highest BCUT2D eigenvalue weighted by molar-refractivity contribution is 8.07. The fourth-order valence-electron chi connectivity index (χ4n) is 6.95. The van der Waals surface area contributed by atoms with Crippen LogP contribution in [0.2, 0.25) is 0 Å². The number of halogens is 4. The van der Waals surface area contributed by atoms with Crippen LogP contribution in [0.15, 0.2) is 142 Å². The molecule has 0 fully saturated rings. The predicted molar refractivity (Wildman–Crippen MR) is 218 cm³/mol. The first-order chi connectivity index (χ1) is 29.7. The summed E-state index contributed by atoms with van der Waals surface area (Å²) >= 11 is 1.07. The first kappa shape index (κ1) is 43.0. The Bertz CT molecular complexity index is 2470. The van der Waals surface area contributed by atoms with Crippen molar-refractivity contribution in [2.45, 2.75) is 39.8 Å². The standard InChI is InChI=1S/C23H18F2N2O4.C23H18F2N2O3S/c2*1-13-20(28)16(9-15-7-8-17(24)18(25)10-15)22(30)27-12-19(31-23(13)27)21(29)26-11-14-5-3-2-4-6-14/h2*2-8,10,12,16H,9,11H2,1H3,(H,26,29). The highest BCUT2D eigenvalue weighted by Gasteiger charge is 2.45. The number of ketones is 2. The minimum absolute atomic E-state index is 0.0126. The molecule has 4 aliphatic rings. The van der Waals surface area contributed by atoms with E-state index in [4.69, 9.17) is 4.74 Å². The summed E-state index contributed by atoms with van der Waals surface area (Å²) in [7, 11) is 0. The molecule has 4 heterocycles. The molecule has 2 unspecified atom stereocenters. The summed E-state index contributed by atoms with van der Waals surface area (Å²) < 4.78 is 58.9. The summed E-state index contributed by atoms with van der Waals surface area (Å²) in [4.78, 5) is 79.2. The number of carbonyl (C=O) groups is 6. The third kappa shape index (κ3) is 9.15. The summed E-state index contributed by atoms with van der Waals surface area (Å²) in [6.07, 6.45) is 2.52. The smallest absolute Gasteiger partial charge is 0.288 e. The zero-order valence-electron chi connectivity index (χ0n) is 33.0. The number of rotatable bonds is 10. The van der Waals surface area contributed by atoms with Crippen molar-refractivity contribution < 1.29 is 51.1 Å². The van der Waals surface area contributed by atoms with Gasteiger partial charge in [0.25, 0.3) is 11.8 Å². The van der Waals surface area contributed by atoms with Crippen LogP contribution < -0.4 is 10.6 Å². The molecule has 0 bridgehead atoms. The normalized spacial score (nSPS) is 18.1. The van der Waals surface area contributed by atoms with E-state index in [1.807, 2.05) is 60.7 Å². The number of nitrogens with zero attached hydrogens (tertiary/aromatic N) is 2. The second-order valence-electron chi connectivity index (χ2n) is 14.5. The van der Waals surface area contributed by atoms with Crippen LogP contribution in [0, 0.1) is 35.1 Å². The summed E-state index contributed by atoms with van der Waals surface area (Å²) in [5.41, 5.74) is 3.02. The number of hydrogen-bond acceptors (Lipinski definition) is 8. The van der Waals surface area contributed by atoms with Gasteiger partial charge in [-0.1, -0.05) is 84.6 Å². The molecule has 0 saturated heterocycles. The number of allylic oxidation sites excluding steroid dienone is 2. The van der Waals surface area contributed by atoms with Crippen LogP contribution >= 0.6 is 11.8 Å². The van der Waals surface area contributed by atoms with E-state index in [9.17, 15) is 46.3 Å². The second-order valence-corrected chi connectivity index (χ2v) is 15.6. The molecule has 0 saturated carbocycles. The van der Waals surface area contributed by atoms with Crippen LogP contribution in [0.25, 0.3) is 0 Å². The van der Waals surface area contributed by atoms with Gasteiger partial charge >= 0.3 is 0 Å². The number of thioether (sulfide) groups is 1. The van der Waals surface area contributed by atoms with E-state index < -0.39 is 58.6 Å². The van der Waals surface area contributed by atoms with Crippen molar-refractivity contribution in [1.82, 2.24) is 20.4 Å². The van der Waals surface area contributed by atoms with E-state index in [-0.39, 0.29) is 48.3 Å². The van der Waals surface area contributed by atoms with E-state index >= 15 is 0 Å². The Morgan fingerprint density at radius 1 is 0.597 bits per heavy atom. The molecule has 8 rings (SSSR count). The van der Waals surface area contributed by atoms with Gasteiger partial charge in [0.2, 0.25) is 23.5 Å². The van der Waals surface area contributed by atoms with Gasteiger partial charge in [0, 0.05) is 24.9 Å². The lowest BCUT2D eigenvalue weighted by Gasteiger charge is -2.28. The minimum atomic E-state index is -1.12. The number of fused-ring (bicyclic) bond motifs is 2. The van der Waals surface area contributed by atoms with Gasteiger partial charge in [0.05, 0.1) is 21.7 Å². The highest BCUT2D eigenvalue weighted by atomic mass is 32.2. The van der Waals surface area contributed by atoms with Crippen LogP contribution in [0.1, 0.15) is 36.1 Å². The SMILES string of the molecule is CC1=C2OC(C(=O)NCc3ccccc3)=CN2C(=O)C(Cc2ccc(F)c(F)c2)C1=O.CC1=C2SC(C(=O)NCc3ccccc3)=CN2C(=O)C(Cc2ccc(F)c(F)c2)C1=O. The molecule has 0 aromatic heterocycles. The van der Waals surface area contributed by atoms with Crippen molar-refractivity contribution in [3.05, 3.63) is 188 Å². The Balaban J connectivity index is 0.000000186. The van der Waals surface area contributed by atoms with Crippen molar-refractivity contribution in [3.63, 3.8) is 0 Å². The predicted octanol–water partition coefficient (Wildman–Crippen LogP) is 6.63. The molecule has 4 aliphatic heterocycles. The van der Waals surface area contributed by atoms with Gasteiger partial charge in [-0.05, 0) is 73.2 Å². The molecule has 62 heavy (non-hydrogen) atoms.